The van der Waals surface area contributed by atoms with E-state index in [1.54, 1.807) is 16.8 Å². The third-order valence-corrected chi connectivity index (χ3v) is 5.21. The van der Waals surface area contributed by atoms with Crippen LogP contribution in [-0.4, -0.2) is 14.9 Å². The molecule has 134 valence electrons. The van der Waals surface area contributed by atoms with Gasteiger partial charge in [-0.2, -0.15) is 10.4 Å². The molecule has 0 aliphatic heterocycles. The normalized spacial score (nSPS) is 14.5. The first-order valence-electron chi connectivity index (χ1n) is 8.59. The van der Waals surface area contributed by atoms with Gasteiger partial charge in [-0.25, -0.2) is 4.68 Å². The van der Waals surface area contributed by atoms with Crippen LogP contribution in [0.3, 0.4) is 0 Å². The molecule has 3 N–H and O–H groups in total. The molecule has 6 heteroatoms. The molecule has 0 saturated carbocycles. The Morgan fingerprint density at radius 2 is 1.89 bits per heavy atom. The SMILES string of the molecule is N#Cc1cnn(C(C2=C(O)c3ccccc3CC2)c2ccc(Cl)cc2)c1N. The van der Waals surface area contributed by atoms with Gasteiger partial charge in [0.25, 0.3) is 0 Å². The molecule has 1 unspecified atom stereocenters. The van der Waals surface area contributed by atoms with E-state index in [4.69, 9.17) is 17.3 Å². The van der Waals surface area contributed by atoms with E-state index in [2.05, 4.69) is 11.2 Å². The number of nitrogens with two attached hydrogens (primary N) is 1. The summed E-state index contributed by atoms with van der Waals surface area (Å²) in [6, 6.07) is 16.8. The number of rotatable bonds is 3. The Morgan fingerprint density at radius 3 is 2.59 bits per heavy atom. The lowest BCUT2D eigenvalue weighted by molar-refractivity contribution is 0.476. The maximum Gasteiger partial charge on any atom is 0.140 e. The Morgan fingerprint density at radius 1 is 1.15 bits per heavy atom. The van der Waals surface area contributed by atoms with Gasteiger partial charge in [0.1, 0.15) is 29.3 Å². The van der Waals surface area contributed by atoms with E-state index in [0.717, 1.165) is 28.7 Å². The molecule has 4 rings (SSSR count). The van der Waals surface area contributed by atoms with E-state index in [1.807, 2.05) is 36.4 Å². The number of hydrogen-bond donors (Lipinski definition) is 2. The zero-order valence-corrected chi connectivity index (χ0v) is 15.2. The summed E-state index contributed by atoms with van der Waals surface area (Å²) in [4.78, 5) is 0. The van der Waals surface area contributed by atoms with Gasteiger partial charge in [-0.15, -0.1) is 0 Å². The van der Waals surface area contributed by atoms with Crippen LogP contribution in [0.1, 0.15) is 34.7 Å². The van der Waals surface area contributed by atoms with Crippen molar-refractivity contribution in [3.05, 3.63) is 87.6 Å². The number of aliphatic hydroxyl groups is 1. The molecule has 0 radical (unpaired) electrons. The number of aromatic nitrogens is 2. The van der Waals surface area contributed by atoms with Crippen LogP contribution in [-0.2, 0) is 6.42 Å². The van der Waals surface area contributed by atoms with Gasteiger partial charge in [-0.05, 0) is 36.1 Å². The maximum atomic E-state index is 11.0. The predicted molar refractivity (Wildman–Crippen MR) is 105 cm³/mol. The monoisotopic (exact) mass is 376 g/mol. The van der Waals surface area contributed by atoms with E-state index in [0.29, 0.717) is 17.0 Å². The molecule has 1 aromatic heterocycles. The molecule has 1 atom stereocenters. The zero-order valence-electron chi connectivity index (χ0n) is 14.4. The number of hydrogen-bond acceptors (Lipinski definition) is 4. The summed E-state index contributed by atoms with van der Waals surface area (Å²) in [5, 5.41) is 25.2. The molecule has 1 aliphatic rings. The molecular weight excluding hydrogens is 360 g/mol. The molecule has 0 bridgehead atoms. The summed E-state index contributed by atoms with van der Waals surface area (Å²) in [5.74, 6) is 0.516. The number of allylic oxidation sites excluding steroid dienone is 1. The van der Waals surface area contributed by atoms with E-state index in [9.17, 15) is 10.4 Å². The lowest BCUT2D eigenvalue weighted by atomic mass is 9.85. The van der Waals surface area contributed by atoms with Crippen molar-refractivity contribution in [2.75, 3.05) is 5.73 Å². The van der Waals surface area contributed by atoms with Crippen molar-refractivity contribution < 1.29 is 5.11 Å². The highest BCUT2D eigenvalue weighted by Gasteiger charge is 2.29. The van der Waals surface area contributed by atoms with Crippen LogP contribution in [0.4, 0.5) is 5.82 Å². The van der Waals surface area contributed by atoms with Crippen LogP contribution in [0.25, 0.3) is 5.76 Å². The lowest BCUT2D eigenvalue weighted by Gasteiger charge is -2.27. The van der Waals surface area contributed by atoms with E-state index < -0.39 is 6.04 Å². The highest BCUT2D eigenvalue weighted by Crippen LogP contribution is 2.39. The van der Waals surface area contributed by atoms with Crippen molar-refractivity contribution in [3.8, 4) is 6.07 Å². The quantitative estimate of drug-likeness (QED) is 0.704. The third-order valence-electron chi connectivity index (χ3n) is 4.96. The van der Waals surface area contributed by atoms with Crippen molar-refractivity contribution in [2.24, 2.45) is 0 Å². The summed E-state index contributed by atoms with van der Waals surface area (Å²) >= 11 is 6.05. The van der Waals surface area contributed by atoms with Gasteiger partial charge >= 0.3 is 0 Å². The second kappa shape index (κ2) is 6.82. The predicted octanol–water partition coefficient (Wildman–Crippen LogP) is 4.50. The fourth-order valence-electron chi connectivity index (χ4n) is 3.59. The number of anilines is 1. The minimum atomic E-state index is -0.419. The first-order chi connectivity index (χ1) is 13.1. The molecule has 1 heterocycles. The minimum absolute atomic E-state index is 0.241. The van der Waals surface area contributed by atoms with Crippen LogP contribution < -0.4 is 5.73 Å². The second-order valence-corrected chi connectivity index (χ2v) is 6.92. The molecule has 0 fully saturated rings. The molecule has 1 aliphatic carbocycles. The second-order valence-electron chi connectivity index (χ2n) is 6.48. The van der Waals surface area contributed by atoms with Gasteiger partial charge in [0.05, 0.1) is 6.20 Å². The third kappa shape index (κ3) is 2.94. The van der Waals surface area contributed by atoms with Gasteiger partial charge in [0.15, 0.2) is 0 Å². The number of aryl methyl sites for hydroxylation is 1. The van der Waals surface area contributed by atoms with Gasteiger partial charge in [0, 0.05) is 16.2 Å². The number of fused-ring (bicyclic) bond motifs is 1. The summed E-state index contributed by atoms with van der Waals surface area (Å²) in [6.45, 7) is 0. The summed E-state index contributed by atoms with van der Waals surface area (Å²) in [5.41, 5.74) is 10.1. The Balaban J connectivity index is 1.92. The summed E-state index contributed by atoms with van der Waals surface area (Å²) < 4.78 is 1.60. The Kier molecular flexibility index (Phi) is 4.35. The number of benzene rings is 2. The molecule has 5 nitrogen and oxygen atoms in total. The molecule has 2 aromatic carbocycles. The molecule has 3 aromatic rings. The Bertz CT molecular complexity index is 1080. The first-order valence-corrected chi connectivity index (χ1v) is 8.96. The average molecular weight is 377 g/mol. The molecule has 0 saturated heterocycles. The van der Waals surface area contributed by atoms with E-state index >= 15 is 0 Å². The molecular formula is C21H17ClN4O. The highest BCUT2D eigenvalue weighted by atomic mass is 35.5. The van der Waals surface area contributed by atoms with Gasteiger partial charge in [-0.3, -0.25) is 0 Å². The lowest BCUT2D eigenvalue weighted by Crippen LogP contribution is -2.20. The molecule has 0 spiro atoms. The summed E-state index contributed by atoms with van der Waals surface area (Å²) in [6.07, 6.45) is 2.93. The van der Waals surface area contributed by atoms with Crippen LogP contribution in [0.15, 0.2) is 60.3 Å². The van der Waals surface area contributed by atoms with Gasteiger partial charge in [0.2, 0.25) is 0 Å². The van der Waals surface area contributed by atoms with Gasteiger partial charge in [-0.1, -0.05) is 48.0 Å². The minimum Gasteiger partial charge on any atom is -0.507 e. The number of nitrogens with zero attached hydrogens (tertiary/aromatic N) is 3. The van der Waals surface area contributed by atoms with Crippen LogP contribution in [0.5, 0.6) is 0 Å². The Labute approximate surface area is 161 Å². The van der Waals surface area contributed by atoms with Crippen molar-refractivity contribution in [1.29, 1.82) is 5.26 Å². The number of nitriles is 1. The molecule has 27 heavy (non-hydrogen) atoms. The topological polar surface area (TPSA) is 87.9 Å². The van der Waals surface area contributed by atoms with Crippen molar-refractivity contribution in [2.45, 2.75) is 18.9 Å². The van der Waals surface area contributed by atoms with Gasteiger partial charge < -0.3 is 10.8 Å². The van der Waals surface area contributed by atoms with Crippen molar-refractivity contribution >= 4 is 23.2 Å². The maximum absolute atomic E-state index is 11.0. The fourth-order valence-corrected chi connectivity index (χ4v) is 3.72. The van der Waals surface area contributed by atoms with Crippen molar-refractivity contribution in [1.82, 2.24) is 9.78 Å². The first kappa shape index (κ1) is 17.2. The number of halogens is 1. The largest absolute Gasteiger partial charge is 0.507 e. The van der Waals surface area contributed by atoms with Crippen LogP contribution in [0, 0.1) is 11.3 Å². The number of nitrogen functional groups attached to an aromatic ring is 1. The average Bonchev–Trinajstić information content (AvgIpc) is 3.06. The van der Waals surface area contributed by atoms with Crippen molar-refractivity contribution in [3.63, 3.8) is 0 Å². The van der Waals surface area contributed by atoms with Crippen LogP contribution in [0.2, 0.25) is 5.02 Å². The summed E-state index contributed by atoms with van der Waals surface area (Å²) in [7, 11) is 0. The highest BCUT2D eigenvalue weighted by molar-refractivity contribution is 6.30. The molecule has 0 amide bonds. The zero-order chi connectivity index (χ0) is 19.0. The fraction of sp³-hybridized carbons (Fsp3) is 0.143. The Hall–Kier alpha value is -3.23. The van der Waals surface area contributed by atoms with E-state index in [-0.39, 0.29) is 11.6 Å². The number of aliphatic hydroxyl groups excluding tert-OH is 1. The van der Waals surface area contributed by atoms with E-state index in [1.165, 1.54) is 6.20 Å². The standard InChI is InChI=1S/C21H17ClN4O/c22-16-8-5-14(6-9-16)19(26-21(24)15(11-23)12-25-26)18-10-7-13-3-1-2-4-17(13)20(18)27/h1-6,8-9,12,19,27H,7,10,24H2. The van der Waals surface area contributed by atoms with Crippen LogP contribution >= 0.6 is 11.6 Å². The smallest absolute Gasteiger partial charge is 0.140 e.